The Morgan fingerprint density at radius 1 is 0.577 bits per heavy atom. The molecule has 0 N–H and O–H groups in total. The molecule has 0 bridgehead atoms. The van der Waals surface area contributed by atoms with Crippen molar-refractivity contribution in [2.45, 2.75) is 0 Å². The molecule has 0 radical (unpaired) electrons. The van der Waals surface area contributed by atoms with Crippen LogP contribution in [0.3, 0.4) is 0 Å². The fourth-order valence-corrected chi connectivity index (χ4v) is 2.20. The van der Waals surface area contributed by atoms with Crippen LogP contribution in [0.1, 0.15) is 20.7 Å². The molecule has 0 saturated carbocycles. The number of hydrogen-bond donors (Lipinski definition) is 0. The van der Waals surface area contributed by atoms with Crippen molar-refractivity contribution in [2.24, 2.45) is 0 Å². The van der Waals surface area contributed by atoms with Crippen molar-refractivity contribution in [3.8, 4) is 11.5 Å². The summed E-state index contributed by atoms with van der Waals surface area (Å²) in [4.78, 5) is 24.7. The third-order valence-corrected chi connectivity index (χ3v) is 3.45. The van der Waals surface area contributed by atoms with Gasteiger partial charge in [0.1, 0.15) is 0 Å². The second kappa shape index (κ2) is 7.57. The van der Waals surface area contributed by atoms with Crippen molar-refractivity contribution in [3.63, 3.8) is 0 Å². The minimum atomic E-state index is -0.934. The van der Waals surface area contributed by atoms with E-state index in [2.05, 4.69) is 0 Å². The Hall–Kier alpha value is -3.54. The second-order valence-corrected chi connectivity index (χ2v) is 5.19. The highest BCUT2D eigenvalue weighted by Crippen LogP contribution is 2.21. The van der Waals surface area contributed by atoms with Crippen molar-refractivity contribution in [1.29, 1.82) is 0 Å². The van der Waals surface area contributed by atoms with Gasteiger partial charge in [0.2, 0.25) is 0 Å². The van der Waals surface area contributed by atoms with E-state index in [-0.39, 0.29) is 22.6 Å². The van der Waals surface area contributed by atoms with Crippen LogP contribution in [0.4, 0.5) is 8.78 Å². The van der Waals surface area contributed by atoms with Crippen molar-refractivity contribution in [1.82, 2.24) is 0 Å². The molecule has 0 spiro atoms. The highest BCUT2D eigenvalue weighted by atomic mass is 19.1. The zero-order valence-corrected chi connectivity index (χ0v) is 13.3. The first-order valence-corrected chi connectivity index (χ1v) is 7.58. The Morgan fingerprint density at radius 2 is 0.923 bits per heavy atom. The molecule has 0 atom stereocenters. The molecule has 0 aliphatic heterocycles. The van der Waals surface area contributed by atoms with E-state index in [0.717, 1.165) is 12.1 Å². The summed E-state index contributed by atoms with van der Waals surface area (Å²) >= 11 is 0. The molecule has 0 saturated heterocycles. The summed E-state index contributed by atoms with van der Waals surface area (Å²) in [6.07, 6.45) is 0. The SMILES string of the molecule is O=C(Oc1ccccc1F)c1ccccc1C(=O)Oc1ccccc1F. The van der Waals surface area contributed by atoms with Gasteiger partial charge in [0.25, 0.3) is 0 Å². The van der Waals surface area contributed by atoms with Gasteiger partial charge in [-0.05, 0) is 36.4 Å². The van der Waals surface area contributed by atoms with Gasteiger partial charge in [0.15, 0.2) is 23.1 Å². The highest BCUT2D eigenvalue weighted by Gasteiger charge is 2.21. The molecular formula is C20H12F2O4. The number of carbonyl (C=O) groups is 2. The molecule has 0 fully saturated rings. The van der Waals surface area contributed by atoms with E-state index in [9.17, 15) is 18.4 Å². The summed E-state index contributed by atoms with van der Waals surface area (Å²) in [5.41, 5.74) is -0.255. The lowest BCUT2D eigenvalue weighted by Gasteiger charge is -2.10. The number of para-hydroxylation sites is 2. The molecule has 4 nitrogen and oxygen atoms in total. The Kier molecular flexibility index (Phi) is 5.03. The van der Waals surface area contributed by atoms with Gasteiger partial charge in [-0.25, -0.2) is 18.4 Å². The molecule has 0 unspecified atom stereocenters. The summed E-state index contributed by atoms with van der Waals surface area (Å²) in [6.45, 7) is 0. The average molecular weight is 354 g/mol. The van der Waals surface area contributed by atoms with Crippen LogP contribution in [0.25, 0.3) is 0 Å². The third-order valence-electron chi connectivity index (χ3n) is 3.45. The number of esters is 2. The maximum Gasteiger partial charge on any atom is 0.344 e. The van der Waals surface area contributed by atoms with Gasteiger partial charge in [0.05, 0.1) is 11.1 Å². The molecule has 26 heavy (non-hydrogen) atoms. The lowest BCUT2D eigenvalue weighted by Crippen LogP contribution is -2.18. The van der Waals surface area contributed by atoms with E-state index in [4.69, 9.17) is 9.47 Å². The largest absolute Gasteiger partial charge is 0.420 e. The van der Waals surface area contributed by atoms with Crippen LogP contribution in [0, 0.1) is 11.6 Å². The molecule has 0 aliphatic rings. The smallest absolute Gasteiger partial charge is 0.344 e. The minimum Gasteiger partial charge on any atom is -0.420 e. The van der Waals surface area contributed by atoms with E-state index < -0.39 is 23.6 Å². The van der Waals surface area contributed by atoms with Gasteiger partial charge in [-0.3, -0.25) is 0 Å². The van der Waals surface area contributed by atoms with Gasteiger partial charge in [-0.2, -0.15) is 0 Å². The first-order chi connectivity index (χ1) is 12.6. The van der Waals surface area contributed by atoms with E-state index in [1.165, 1.54) is 60.7 Å². The number of rotatable bonds is 4. The zero-order valence-electron chi connectivity index (χ0n) is 13.3. The molecule has 0 aliphatic carbocycles. The zero-order chi connectivity index (χ0) is 18.5. The number of ether oxygens (including phenoxy) is 2. The number of carbonyl (C=O) groups excluding carboxylic acids is 2. The lowest BCUT2D eigenvalue weighted by molar-refractivity contribution is 0.0685. The van der Waals surface area contributed by atoms with Crippen molar-refractivity contribution >= 4 is 11.9 Å². The van der Waals surface area contributed by atoms with Gasteiger partial charge < -0.3 is 9.47 Å². The maximum absolute atomic E-state index is 13.6. The summed E-state index contributed by atoms with van der Waals surface area (Å²) in [7, 11) is 0. The van der Waals surface area contributed by atoms with Gasteiger partial charge in [-0.1, -0.05) is 36.4 Å². The van der Waals surface area contributed by atoms with E-state index in [1.54, 1.807) is 0 Å². The molecule has 0 heterocycles. The standard InChI is InChI=1S/C20H12F2O4/c21-15-9-3-5-11-17(15)25-19(23)13-7-1-2-8-14(13)20(24)26-18-12-6-4-10-16(18)22/h1-12H. The third kappa shape index (κ3) is 3.75. The minimum absolute atomic E-state index is 0.128. The number of hydrogen-bond acceptors (Lipinski definition) is 4. The first-order valence-electron chi connectivity index (χ1n) is 7.58. The Balaban J connectivity index is 1.86. The second-order valence-electron chi connectivity index (χ2n) is 5.19. The Bertz CT molecular complexity index is 891. The molecule has 3 aromatic carbocycles. The molecule has 0 amide bonds. The Morgan fingerprint density at radius 3 is 1.31 bits per heavy atom. The van der Waals surface area contributed by atoms with Crippen molar-refractivity contribution in [3.05, 3.63) is 95.6 Å². The van der Waals surface area contributed by atoms with Crippen molar-refractivity contribution < 1.29 is 27.8 Å². The van der Waals surface area contributed by atoms with Crippen LogP contribution in [0.5, 0.6) is 11.5 Å². The molecule has 3 rings (SSSR count). The van der Waals surface area contributed by atoms with Gasteiger partial charge >= 0.3 is 11.9 Å². The van der Waals surface area contributed by atoms with Crippen LogP contribution < -0.4 is 9.47 Å². The van der Waals surface area contributed by atoms with Crippen LogP contribution in [0.2, 0.25) is 0 Å². The van der Waals surface area contributed by atoms with Gasteiger partial charge in [0, 0.05) is 0 Å². The monoisotopic (exact) mass is 354 g/mol. The normalized spacial score (nSPS) is 10.2. The van der Waals surface area contributed by atoms with Gasteiger partial charge in [-0.15, -0.1) is 0 Å². The first kappa shape index (κ1) is 17.3. The molecular weight excluding hydrogens is 342 g/mol. The molecule has 130 valence electrons. The predicted octanol–water partition coefficient (Wildman–Crippen LogP) is 4.40. The fourth-order valence-electron chi connectivity index (χ4n) is 2.20. The topological polar surface area (TPSA) is 52.6 Å². The lowest BCUT2D eigenvalue weighted by atomic mass is 10.1. The molecule has 6 heteroatoms. The number of halogens is 2. The van der Waals surface area contributed by atoms with E-state index in [1.807, 2.05) is 0 Å². The molecule has 3 aromatic rings. The quantitative estimate of drug-likeness (QED) is 0.515. The van der Waals surface area contributed by atoms with Crippen LogP contribution >= 0.6 is 0 Å². The van der Waals surface area contributed by atoms with Crippen LogP contribution in [-0.2, 0) is 0 Å². The summed E-state index contributed by atoms with van der Waals surface area (Å²) in [5.74, 6) is -3.84. The van der Waals surface area contributed by atoms with Crippen LogP contribution in [0.15, 0.2) is 72.8 Å². The maximum atomic E-state index is 13.6. The summed E-state index contributed by atoms with van der Waals surface area (Å²) in [6, 6.07) is 16.5. The Labute approximate surface area is 147 Å². The number of benzene rings is 3. The fraction of sp³-hybridized carbons (Fsp3) is 0. The summed E-state index contributed by atoms with van der Waals surface area (Å²) < 4.78 is 37.3. The van der Waals surface area contributed by atoms with E-state index >= 15 is 0 Å². The predicted molar refractivity (Wildman–Crippen MR) is 89.2 cm³/mol. The summed E-state index contributed by atoms with van der Waals surface area (Å²) in [5, 5.41) is 0. The highest BCUT2D eigenvalue weighted by molar-refractivity contribution is 6.04. The van der Waals surface area contributed by atoms with E-state index in [0.29, 0.717) is 0 Å². The average Bonchev–Trinajstić information content (AvgIpc) is 2.65. The molecule has 0 aromatic heterocycles. The van der Waals surface area contributed by atoms with Crippen LogP contribution in [-0.4, -0.2) is 11.9 Å². The van der Waals surface area contributed by atoms with Crippen molar-refractivity contribution in [2.75, 3.05) is 0 Å².